The zero-order valence-corrected chi connectivity index (χ0v) is 32.2. The van der Waals surface area contributed by atoms with Crippen LogP contribution in [0.1, 0.15) is 0 Å². The molecule has 0 bridgehead atoms. The summed E-state index contributed by atoms with van der Waals surface area (Å²) in [6.45, 7) is 3.94. The third kappa shape index (κ3) is 24.6. The minimum Gasteiger partial charge on any atom is -0.753 e. The van der Waals surface area contributed by atoms with E-state index >= 15 is 0 Å². The van der Waals surface area contributed by atoms with Crippen molar-refractivity contribution in [1.82, 2.24) is 19.9 Å². The predicted molar refractivity (Wildman–Crippen MR) is 206 cm³/mol. The summed E-state index contributed by atoms with van der Waals surface area (Å²) < 4.78 is 0. The first-order chi connectivity index (χ1) is 21.6. The van der Waals surface area contributed by atoms with Gasteiger partial charge in [0.25, 0.3) is 0 Å². The van der Waals surface area contributed by atoms with E-state index in [1.54, 1.807) is 36.9 Å². The second-order valence-electron chi connectivity index (χ2n) is 6.65. The SMILES string of the molecule is C1CSC(C2=NCCS2)=N1.C1CSC(C2=NCCS2)=N1.[Fe+2].[Fe+2].[N-]=C=S.[N-]=C=S.[N-]=C=S.[N-]=C=S.c1cnc(-c2ncccn2)nc1. The summed E-state index contributed by atoms with van der Waals surface area (Å²) in [6.07, 6.45) is 6.66. The van der Waals surface area contributed by atoms with Crippen LogP contribution < -0.4 is 0 Å². The summed E-state index contributed by atoms with van der Waals surface area (Å²) in [5.74, 6) is 5.70. The summed E-state index contributed by atoms with van der Waals surface area (Å²) in [7, 11) is 0. The van der Waals surface area contributed by atoms with Crippen LogP contribution in [0.15, 0.2) is 56.9 Å². The van der Waals surface area contributed by atoms with Gasteiger partial charge in [0.05, 0.1) is 0 Å². The van der Waals surface area contributed by atoms with Crippen molar-refractivity contribution in [2.75, 3.05) is 49.2 Å². The number of rotatable bonds is 3. The summed E-state index contributed by atoms with van der Waals surface area (Å²) in [4.78, 5) is 33.4. The van der Waals surface area contributed by atoms with Crippen LogP contribution in [0.2, 0.25) is 0 Å². The maximum atomic E-state index is 7.13. The number of thioether (sulfide) groups is 4. The Bertz CT molecular complexity index is 1200. The molecule has 2 aromatic rings. The molecular formula is C24H22Fe2N12S8. The quantitative estimate of drug-likeness (QED) is 0.196. The minimum absolute atomic E-state index is 0. The molecule has 0 unspecified atom stereocenters. The number of aromatic nitrogens is 4. The van der Waals surface area contributed by atoms with Crippen LogP contribution in [0, 0.1) is 0 Å². The molecule has 0 fully saturated rings. The van der Waals surface area contributed by atoms with E-state index in [0.717, 1.165) is 49.2 Å². The molecule has 0 atom stereocenters. The van der Waals surface area contributed by atoms with Crippen molar-refractivity contribution in [3.8, 4) is 11.6 Å². The monoisotopic (exact) mass is 846 g/mol. The third-order valence-electron chi connectivity index (χ3n) is 4.04. The van der Waals surface area contributed by atoms with Gasteiger partial charge in [0, 0.05) is 74.0 Å². The van der Waals surface area contributed by atoms with Crippen LogP contribution in [-0.2, 0) is 34.1 Å². The Morgan fingerprint density at radius 3 is 0.804 bits per heavy atom. The summed E-state index contributed by atoms with van der Waals surface area (Å²) in [5.41, 5.74) is 0. The largest absolute Gasteiger partial charge is 2.00 e. The molecule has 46 heavy (non-hydrogen) atoms. The van der Waals surface area contributed by atoms with Crippen molar-refractivity contribution in [2.24, 2.45) is 20.0 Å². The molecular weight excluding hydrogens is 825 g/mol. The van der Waals surface area contributed by atoms with E-state index in [1.807, 2.05) is 47.0 Å². The average molecular weight is 847 g/mol. The molecule has 0 N–H and O–H groups in total. The van der Waals surface area contributed by atoms with E-state index < -0.39 is 0 Å². The van der Waals surface area contributed by atoms with Crippen molar-refractivity contribution >= 4 is 137 Å². The second-order valence-corrected chi connectivity index (χ2v) is 11.7. The fraction of sp³-hybridized carbons (Fsp3) is 0.333. The van der Waals surface area contributed by atoms with Gasteiger partial charge in [0.2, 0.25) is 0 Å². The van der Waals surface area contributed by atoms with Gasteiger partial charge in [-0.3, -0.25) is 20.0 Å². The standard InChI is InChI=1S/C8H6N4.2C6H8N2S2.4CNS.2Fe/c1-3-9-7(10-4-1)8-11-5-2-6-12-8;2*1-3-9-5(7-1)6-8-2-4-10-6;4*2-1-3;;/h1-6H;2*1-4H2;;;;;;/q;;;4*-1;2*+2. The van der Waals surface area contributed by atoms with Crippen molar-refractivity contribution in [1.29, 1.82) is 0 Å². The molecule has 4 aliphatic heterocycles. The van der Waals surface area contributed by atoms with Crippen LogP contribution >= 0.6 is 95.9 Å². The molecule has 6 heterocycles. The third-order valence-corrected chi connectivity index (χ3v) is 8.23. The first-order valence-corrected chi connectivity index (χ1v) is 17.4. The fourth-order valence-electron chi connectivity index (χ4n) is 2.69. The van der Waals surface area contributed by atoms with Gasteiger partial charge in [0.1, 0.15) is 20.2 Å². The molecule has 0 saturated heterocycles. The Hall–Kier alpha value is -1.52. The van der Waals surface area contributed by atoms with Crippen molar-refractivity contribution < 1.29 is 34.1 Å². The Balaban J connectivity index is -0.000000507. The van der Waals surface area contributed by atoms with Crippen molar-refractivity contribution in [3.05, 3.63) is 58.6 Å². The topological polar surface area (TPSA) is 190 Å². The molecule has 6 rings (SSSR count). The van der Waals surface area contributed by atoms with Gasteiger partial charge in [-0.2, -0.15) is 20.6 Å². The summed E-state index contributed by atoms with van der Waals surface area (Å²) in [6, 6.07) is 3.51. The zero-order valence-electron chi connectivity index (χ0n) is 23.5. The summed E-state index contributed by atoms with van der Waals surface area (Å²) in [5, 5.41) is 38.6. The Labute approximate surface area is 327 Å². The first kappa shape index (κ1) is 48.9. The number of hydrogen-bond donors (Lipinski definition) is 0. The first-order valence-electron chi connectivity index (χ1n) is 11.9. The second kappa shape index (κ2) is 36.3. The smallest absolute Gasteiger partial charge is 0.753 e. The maximum Gasteiger partial charge on any atom is 2.00 e. The zero-order chi connectivity index (χ0) is 32.7. The molecule has 22 heteroatoms. The molecule has 0 saturated carbocycles. The predicted octanol–water partition coefficient (Wildman–Crippen LogP) is 6.12. The molecule has 2 aromatic heterocycles. The van der Waals surface area contributed by atoms with Gasteiger partial charge < -0.3 is 21.6 Å². The Morgan fingerprint density at radius 2 is 0.652 bits per heavy atom. The van der Waals surface area contributed by atoms with E-state index in [0.29, 0.717) is 11.6 Å². The van der Waals surface area contributed by atoms with Crippen molar-refractivity contribution in [3.63, 3.8) is 0 Å². The molecule has 0 aliphatic carbocycles. The molecule has 4 aliphatic rings. The maximum absolute atomic E-state index is 7.13. The van der Waals surface area contributed by atoms with E-state index in [1.165, 1.54) is 40.8 Å². The molecule has 0 radical (unpaired) electrons. The fourth-order valence-corrected chi connectivity index (χ4v) is 6.38. The van der Waals surface area contributed by atoms with E-state index in [9.17, 15) is 0 Å². The van der Waals surface area contributed by atoms with E-state index in [-0.39, 0.29) is 34.1 Å². The number of hydrogen-bond acceptors (Lipinski definition) is 16. The van der Waals surface area contributed by atoms with Gasteiger partial charge >= 0.3 is 34.1 Å². The van der Waals surface area contributed by atoms with Crippen LogP contribution in [0.25, 0.3) is 33.3 Å². The van der Waals surface area contributed by atoms with E-state index in [2.05, 4.69) is 88.8 Å². The van der Waals surface area contributed by atoms with Gasteiger partial charge in [-0.25, -0.2) is 19.9 Å². The normalized spacial score (nSPS) is 14.0. The summed E-state index contributed by atoms with van der Waals surface area (Å²) >= 11 is 22.1. The molecule has 0 aromatic carbocycles. The van der Waals surface area contributed by atoms with Crippen molar-refractivity contribution in [2.45, 2.75) is 0 Å². The minimum atomic E-state index is 0. The number of aliphatic imine (C=N–C) groups is 4. The Kier molecular flexibility index (Phi) is 38.6. The van der Waals surface area contributed by atoms with Crippen LogP contribution in [-0.4, -0.2) is 110 Å². The van der Waals surface area contributed by atoms with Gasteiger partial charge in [-0.05, 0) is 12.1 Å². The average Bonchev–Trinajstić information content (AvgIpc) is 3.88. The number of isothiocyanates is 4. The molecule has 0 amide bonds. The van der Waals surface area contributed by atoms with Crippen LogP contribution in [0.3, 0.4) is 0 Å². The van der Waals surface area contributed by atoms with E-state index in [4.69, 9.17) is 21.6 Å². The molecule has 12 nitrogen and oxygen atoms in total. The Morgan fingerprint density at radius 1 is 0.457 bits per heavy atom. The molecule has 242 valence electrons. The van der Waals surface area contributed by atoms with Gasteiger partial charge in [0.15, 0.2) is 11.6 Å². The van der Waals surface area contributed by atoms with Crippen LogP contribution in [0.5, 0.6) is 0 Å². The number of nitrogens with zero attached hydrogens (tertiary/aromatic N) is 12. The van der Waals surface area contributed by atoms with Gasteiger partial charge in [-0.1, -0.05) is 48.9 Å². The number of thiocarbonyl (C=S) groups is 4. The van der Waals surface area contributed by atoms with Gasteiger partial charge in [-0.15, -0.1) is 47.0 Å². The van der Waals surface area contributed by atoms with Crippen LogP contribution in [0.4, 0.5) is 0 Å². The molecule has 0 spiro atoms.